The normalized spacial score (nSPS) is 15.4. The van der Waals surface area contributed by atoms with Crippen LogP contribution < -0.4 is 5.73 Å². The predicted molar refractivity (Wildman–Crippen MR) is 57.6 cm³/mol. The Labute approximate surface area is 87.2 Å². The fourth-order valence-corrected chi connectivity index (χ4v) is 1.54. The summed E-state index contributed by atoms with van der Waals surface area (Å²) in [6.07, 6.45) is 0. The Morgan fingerprint density at radius 2 is 2.23 bits per heavy atom. The molecule has 0 aliphatic rings. The molecule has 0 bridgehead atoms. The minimum absolute atomic E-state index is 0.385. The maximum Gasteiger partial charge on any atom is 0.102 e. The van der Waals surface area contributed by atoms with Crippen LogP contribution in [0.2, 0.25) is 0 Å². The summed E-state index contributed by atoms with van der Waals surface area (Å²) in [5, 5.41) is 0. The summed E-state index contributed by atoms with van der Waals surface area (Å²) >= 11 is 3.42. The molecule has 13 heavy (non-hydrogen) atoms. The van der Waals surface area contributed by atoms with Crippen LogP contribution in [0, 0.1) is 0 Å². The van der Waals surface area contributed by atoms with Gasteiger partial charge in [-0.25, -0.2) is 0 Å². The lowest BCUT2D eigenvalue weighted by molar-refractivity contribution is 0.0100. The first-order valence-electron chi connectivity index (χ1n) is 4.13. The second-order valence-corrected chi connectivity index (χ2v) is 4.07. The highest BCUT2D eigenvalue weighted by Gasteiger charge is 2.23. The summed E-state index contributed by atoms with van der Waals surface area (Å²) in [7, 11) is 1.67. The smallest absolute Gasteiger partial charge is 0.102 e. The van der Waals surface area contributed by atoms with Crippen LogP contribution in [0.5, 0.6) is 0 Å². The lowest BCUT2D eigenvalue weighted by atomic mass is 9.96. The van der Waals surface area contributed by atoms with Crippen molar-refractivity contribution in [2.24, 2.45) is 5.73 Å². The van der Waals surface area contributed by atoms with Gasteiger partial charge in [0.15, 0.2) is 0 Å². The Balaban J connectivity index is 3.05. The van der Waals surface area contributed by atoms with Crippen molar-refractivity contribution >= 4 is 15.9 Å². The maximum absolute atomic E-state index is 5.66. The molecule has 0 amide bonds. The van der Waals surface area contributed by atoms with Gasteiger partial charge in [0.25, 0.3) is 0 Å². The van der Waals surface area contributed by atoms with Crippen molar-refractivity contribution in [3.8, 4) is 0 Å². The highest BCUT2D eigenvalue weighted by atomic mass is 79.9. The first-order chi connectivity index (χ1) is 6.12. The third-order valence-electron chi connectivity index (χ3n) is 2.28. The van der Waals surface area contributed by atoms with E-state index in [1.165, 1.54) is 0 Å². The molecule has 1 aromatic rings. The molecule has 2 nitrogen and oxygen atoms in total. The van der Waals surface area contributed by atoms with Gasteiger partial charge in [0.1, 0.15) is 5.60 Å². The maximum atomic E-state index is 5.66. The lowest BCUT2D eigenvalue weighted by Crippen LogP contribution is -2.33. The van der Waals surface area contributed by atoms with Crippen LogP contribution in [0.4, 0.5) is 0 Å². The Morgan fingerprint density at radius 3 is 2.69 bits per heavy atom. The van der Waals surface area contributed by atoms with E-state index in [1.54, 1.807) is 7.11 Å². The van der Waals surface area contributed by atoms with Crippen molar-refractivity contribution in [3.05, 3.63) is 34.3 Å². The Bertz CT molecular complexity index is 284. The van der Waals surface area contributed by atoms with Crippen LogP contribution in [0.3, 0.4) is 0 Å². The van der Waals surface area contributed by atoms with E-state index in [0.717, 1.165) is 10.0 Å². The Morgan fingerprint density at radius 1 is 1.54 bits per heavy atom. The number of hydrogen-bond donors (Lipinski definition) is 1. The molecule has 0 aliphatic carbocycles. The summed E-state index contributed by atoms with van der Waals surface area (Å²) in [5.41, 5.74) is 6.36. The molecular formula is C10H14BrNO. The van der Waals surface area contributed by atoms with Crippen LogP contribution >= 0.6 is 15.9 Å². The summed E-state index contributed by atoms with van der Waals surface area (Å²) in [6, 6.07) is 8.00. The summed E-state index contributed by atoms with van der Waals surface area (Å²) in [5.74, 6) is 0. The Kier molecular flexibility index (Phi) is 3.47. The molecule has 0 heterocycles. The average molecular weight is 244 g/mol. The van der Waals surface area contributed by atoms with Crippen molar-refractivity contribution in [2.75, 3.05) is 13.7 Å². The van der Waals surface area contributed by atoms with Gasteiger partial charge in [-0.1, -0.05) is 28.1 Å². The van der Waals surface area contributed by atoms with Gasteiger partial charge in [-0.05, 0) is 24.6 Å². The first kappa shape index (κ1) is 10.7. The predicted octanol–water partition coefficient (Wildman–Crippen LogP) is 2.27. The molecule has 72 valence electrons. The second-order valence-electron chi connectivity index (χ2n) is 3.15. The molecule has 1 aromatic carbocycles. The molecule has 0 saturated heterocycles. The van der Waals surface area contributed by atoms with Crippen LogP contribution in [0.15, 0.2) is 28.7 Å². The SMILES string of the molecule is COC(C)(CN)c1cccc(Br)c1. The molecule has 1 rings (SSSR count). The fourth-order valence-electron chi connectivity index (χ4n) is 1.14. The van der Waals surface area contributed by atoms with E-state index in [-0.39, 0.29) is 5.60 Å². The molecule has 0 radical (unpaired) electrons. The third kappa shape index (κ3) is 2.30. The van der Waals surface area contributed by atoms with Gasteiger partial charge in [-0.15, -0.1) is 0 Å². The lowest BCUT2D eigenvalue weighted by Gasteiger charge is -2.26. The standard InChI is InChI=1S/C10H14BrNO/c1-10(7-12,13-2)8-4-3-5-9(11)6-8/h3-6H,7,12H2,1-2H3. The number of benzene rings is 1. The molecule has 1 unspecified atom stereocenters. The van der Waals surface area contributed by atoms with E-state index < -0.39 is 0 Å². The van der Waals surface area contributed by atoms with Crippen molar-refractivity contribution in [3.63, 3.8) is 0 Å². The van der Waals surface area contributed by atoms with Gasteiger partial charge in [-0.3, -0.25) is 0 Å². The average Bonchev–Trinajstić information content (AvgIpc) is 2.17. The summed E-state index contributed by atoms with van der Waals surface area (Å²) in [6.45, 7) is 2.45. The van der Waals surface area contributed by atoms with E-state index >= 15 is 0 Å². The summed E-state index contributed by atoms with van der Waals surface area (Å²) < 4.78 is 6.43. The topological polar surface area (TPSA) is 35.2 Å². The van der Waals surface area contributed by atoms with Gasteiger partial charge in [0, 0.05) is 18.1 Å². The fraction of sp³-hybridized carbons (Fsp3) is 0.400. The van der Waals surface area contributed by atoms with Gasteiger partial charge in [0.05, 0.1) is 0 Å². The van der Waals surface area contributed by atoms with Crippen LogP contribution in [-0.2, 0) is 10.3 Å². The zero-order valence-corrected chi connectivity index (χ0v) is 9.47. The Hall–Kier alpha value is -0.380. The number of rotatable bonds is 3. The van der Waals surface area contributed by atoms with Crippen LogP contribution in [0.1, 0.15) is 12.5 Å². The molecule has 0 saturated carbocycles. The van der Waals surface area contributed by atoms with Crippen molar-refractivity contribution < 1.29 is 4.74 Å². The minimum atomic E-state index is -0.385. The van der Waals surface area contributed by atoms with Crippen molar-refractivity contribution in [1.82, 2.24) is 0 Å². The van der Waals surface area contributed by atoms with Crippen molar-refractivity contribution in [2.45, 2.75) is 12.5 Å². The number of methoxy groups -OCH3 is 1. The largest absolute Gasteiger partial charge is 0.372 e. The van der Waals surface area contributed by atoms with E-state index in [9.17, 15) is 0 Å². The zero-order valence-electron chi connectivity index (χ0n) is 7.88. The monoisotopic (exact) mass is 243 g/mol. The van der Waals surface area contributed by atoms with Gasteiger partial charge >= 0.3 is 0 Å². The third-order valence-corrected chi connectivity index (χ3v) is 2.77. The van der Waals surface area contributed by atoms with E-state index in [2.05, 4.69) is 15.9 Å². The molecule has 0 aromatic heterocycles. The first-order valence-corrected chi connectivity index (χ1v) is 4.93. The molecule has 0 spiro atoms. The minimum Gasteiger partial charge on any atom is -0.372 e. The highest BCUT2D eigenvalue weighted by Crippen LogP contribution is 2.25. The quantitative estimate of drug-likeness (QED) is 0.885. The molecule has 0 aliphatic heterocycles. The summed E-state index contributed by atoms with van der Waals surface area (Å²) in [4.78, 5) is 0. The highest BCUT2D eigenvalue weighted by molar-refractivity contribution is 9.10. The van der Waals surface area contributed by atoms with Crippen LogP contribution in [0.25, 0.3) is 0 Å². The van der Waals surface area contributed by atoms with Gasteiger partial charge in [0.2, 0.25) is 0 Å². The number of hydrogen-bond acceptors (Lipinski definition) is 2. The van der Waals surface area contributed by atoms with Crippen molar-refractivity contribution in [1.29, 1.82) is 0 Å². The zero-order chi connectivity index (χ0) is 9.90. The molecule has 1 atom stereocenters. The molecule has 2 N–H and O–H groups in total. The van der Waals surface area contributed by atoms with Gasteiger partial charge in [-0.2, -0.15) is 0 Å². The number of halogens is 1. The molecular weight excluding hydrogens is 230 g/mol. The number of ether oxygens (including phenoxy) is 1. The van der Waals surface area contributed by atoms with Crippen LogP contribution in [-0.4, -0.2) is 13.7 Å². The van der Waals surface area contributed by atoms with E-state index in [4.69, 9.17) is 10.5 Å². The number of nitrogens with two attached hydrogens (primary N) is 1. The van der Waals surface area contributed by atoms with E-state index in [0.29, 0.717) is 6.54 Å². The second kappa shape index (κ2) is 4.22. The van der Waals surface area contributed by atoms with Gasteiger partial charge < -0.3 is 10.5 Å². The van der Waals surface area contributed by atoms with E-state index in [1.807, 2.05) is 31.2 Å². The molecule has 3 heteroatoms. The molecule has 0 fully saturated rings.